The number of hydrazine groups is 1. The molecule has 7 heteroatoms. The Hall–Kier alpha value is -2.12. The highest BCUT2D eigenvalue weighted by atomic mass is 32.2. The van der Waals surface area contributed by atoms with Crippen molar-refractivity contribution in [3.05, 3.63) is 57.1 Å². The van der Waals surface area contributed by atoms with Crippen molar-refractivity contribution in [2.45, 2.75) is 24.6 Å². The first-order valence-electron chi connectivity index (χ1n) is 6.31. The summed E-state index contributed by atoms with van der Waals surface area (Å²) in [5, 5.41) is 11.5. The summed E-state index contributed by atoms with van der Waals surface area (Å²) in [6, 6.07) is 9.06. The highest BCUT2D eigenvalue weighted by Crippen LogP contribution is 2.27. The molecule has 0 unspecified atom stereocenters. The zero-order valence-electron chi connectivity index (χ0n) is 11.8. The first kappa shape index (κ1) is 15.3. The Morgan fingerprint density at radius 2 is 1.90 bits per heavy atom. The Labute approximate surface area is 126 Å². The van der Waals surface area contributed by atoms with Crippen LogP contribution in [0.5, 0.6) is 0 Å². The lowest BCUT2D eigenvalue weighted by atomic mass is 10.1. The van der Waals surface area contributed by atoms with Crippen molar-refractivity contribution in [1.82, 2.24) is 4.98 Å². The molecule has 0 atom stereocenters. The van der Waals surface area contributed by atoms with Gasteiger partial charge in [0.1, 0.15) is 10.8 Å². The lowest BCUT2D eigenvalue weighted by Gasteiger charge is -2.06. The van der Waals surface area contributed by atoms with Crippen molar-refractivity contribution >= 4 is 23.3 Å². The van der Waals surface area contributed by atoms with Gasteiger partial charge in [0.25, 0.3) is 5.69 Å². The van der Waals surface area contributed by atoms with Crippen LogP contribution in [-0.2, 0) is 5.75 Å². The second-order valence-corrected chi connectivity index (χ2v) is 5.73. The molecule has 0 spiro atoms. The fourth-order valence-corrected chi connectivity index (χ4v) is 2.90. The smallest absolute Gasteiger partial charge is 0.275 e. The molecule has 1 heterocycles. The number of nitrogens with one attached hydrogen (secondary N) is 1. The summed E-state index contributed by atoms with van der Waals surface area (Å²) in [6.45, 7) is 4.09. The normalized spacial score (nSPS) is 10.4. The molecule has 3 N–H and O–H groups in total. The van der Waals surface area contributed by atoms with E-state index < -0.39 is 4.92 Å². The minimum Gasteiger partial charge on any atom is -0.308 e. The monoisotopic (exact) mass is 304 g/mol. The summed E-state index contributed by atoms with van der Waals surface area (Å²) < 4.78 is 0. The van der Waals surface area contributed by atoms with Gasteiger partial charge in [-0.15, -0.1) is 11.8 Å². The molecular formula is C14H16N4O2S. The van der Waals surface area contributed by atoms with E-state index in [0.29, 0.717) is 10.8 Å². The molecule has 1 aromatic heterocycles. The number of nitrogen functional groups attached to an aromatic ring is 1. The SMILES string of the molecule is Cc1cc(C)cc(CSc2cc([N+](=O)[O-])cc(NN)n2)c1. The summed E-state index contributed by atoms with van der Waals surface area (Å²) in [6.07, 6.45) is 0. The highest BCUT2D eigenvalue weighted by Gasteiger charge is 2.11. The number of aromatic nitrogens is 1. The van der Waals surface area contributed by atoms with Crippen LogP contribution in [0.15, 0.2) is 35.4 Å². The standard InChI is InChI=1S/C14H16N4O2S/c1-9-3-10(2)5-11(4-9)8-21-14-7-12(18(19)20)6-13(16-14)17-15/h3-7H,8,15H2,1-2H3,(H,16,17). The maximum atomic E-state index is 10.9. The van der Waals surface area contributed by atoms with Crippen LogP contribution in [0.3, 0.4) is 0 Å². The quantitative estimate of drug-likeness (QED) is 0.381. The number of nitro groups is 1. The number of nitrogens with zero attached hydrogens (tertiary/aromatic N) is 2. The zero-order chi connectivity index (χ0) is 15.4. The van der Waals surface area contributed by atoms with Crippen LogP contribution in [0.2, 0.25) is 0 Å². The largest absolute Gasteiger partial charge is 0.308 e. The third-order valence-corrected chi connectivity index (χ3v) is 3.80. The molecule has 0 radical (unpaired) electrons. The zero-order valence-corrected chi connectivity index (χ0v) is 12.6. The van der Waals surface area contributed by atoms with Gasteiger partial charge in [-0.25, -0.2) is 10.8 Å². The average molecular weight is 304 g/mol. The number of hydrogen-bond donors (Lipinski definition) is 2. The van der Waals surface area contributed by atoms with Crippen molar-refractivity contribution < 1.29 is 4.92 Å². The number of anilines is 1. The van der Waals surface area contributed by atoms with Gasteiger partial charge >= 0.3 is 0 Å². The molecule has 0 saturated carbocycles. The predicted octanol–water partition coefficient (Wildman–Crippen LogP) is 3.18. The minimum atomic E-state index is -0.455. The summed E-state index contributed by atoms with van der Waals surface area (Å²) >= 11 is 1.44. The average Bonchev–Trinajstić information content (AvgIpc) is 2.43. The highest BCUT2D eigenvalue weighted by molar-refractivity contribution is 7.98. The fourth-order valence-electron chi connectivity index (χ4n) is 2.05. The molecule has 0 bridgehead atoms. The van der Waals surface area contributed by atoms with Gasteiger partial charge in [0.2, 0.25) is 0 Å². The summed E-state index contributed by atoms with van der Waals surface area (Å²) in [5.41, 5.74) is 5.88. The van der Waals surface area contributed by atoms with Crippen molar-refractivity contribution in [2.75, 3.05) is 5.43 Å². The van der Waals surface area contributed by atoms with Gasteiger partial charge in [0.05, 0.1) is 11.0 Å². The molecule has 2 aromatic rings. The van der Waals surface area contributed by atoms with Crippen LogP contribution in [0, 0.1) is 24.0 Å². The van der Waals surface area contributed by atoms with Gasteiger partial charge < -0.3 is 5.43 Å². The van der Waals surface area contributed by atoms with Gasteiger partial charge in [-0.2, -0.15) is 0 Å². The number of rotatable bonds is 5. The van der Waals surface area contributed by atoms with Crippen molar-refractivity contribution in [2.24, 2.45) is 5.84 Å². The van der Waals surface area contributed by atoms with Crippen LogP contribution in [0.25, 0.3) is 0 Å². The van der Waals surface area contributed by atoms with Crippen molar-refractivity contribution in [3.8, 4) is 0 Å². The first-order valence-corrected chi connectivity index (χ1v) is 7.29. The molecule has 2 rings (SSSR count). The maximum Gasteiger partial charge on any atom is 0.275 e. The van der Waals surface area contributed by atoms with Crippen LogP contribution in [-0.4, -0.2) is 9.91 Å². The second-order valence-electron chi connectivity index (χ2n) is 4.73. The molecule has 0 aliphatic rings. The van der Waals surface area contributed by atoms with Crippen LogP contribution in [0.1, 0.15) is 16.7 Å². The first-order chi connectivity index (χ1) is 9.97. The van der Waals surface area contributed by atoms with E-state index >= 15 is 0 Å². The van der Waals surface area contributed by atoms with E-state index in [-0.39, 0.29) is 11.5 Å². The molecule has 21 heavy (non-hydrogen) atoms. The van der Waals surface area contributed by atoms with E-state index in [2.05, 4.69) is 28.6 Å². The lowest BCUT2D eigenvalue weighted by Crippen LogP contribution is -2.09. The fraction of sp³-hybridized carbons (Fsp3) is 0.214. The van der Waals surface area contributed by atoms with Gasteiger partial charge in [-0.3, -0.25) is 10.1 Å². The topological polar surface area (TPSA) is 94.1 Å². The Morgan fingerprint density at radius 1 is 1.24 bits per heavy atom. The van der Waals surface area contributed by atoms with Gasteiger partial charge in [-0.1, -0.05) is 29.3 Å². The van der Waals surface area contributed by atoms with Crippen molar-refractivity contribution in [3.63, 3.8) is 0 Å². The minimum absolute atomic E-state index is 0.0270. The molecule has 0 fully saturated rings. The Balaban J connectivity index is 2.19. The maximum absolute atomic E-state index is 10.9. The van der Waals surface area contributed by atoms with Crippen LogP contribution in [0.4, 0.5) is 11.5 Å². The van der Waals surface area contributed by atoms with Gasteiger partial charge in [0, 0.05) is 11.8 Å². The third-order valence-electron chi connectivity index (χ3n) is 2.81. The van der Waals surface area contributed by atoms with Crippen molar-refractivity contribution in [1.29, 1.82) is 0 Å². The number of aryl methyl sites for hydroxylation is 2. The van der Waals surface area contributed by atoms with Gasteiger partial charge in [-0.05, 0) is 19.4 Å². The number of thioether (sulfide) groups is 1. The molecule has 0 saturated heterocycles. The summed E-state index contributed by atoms with van der Waals surface area (Å²) in [4.78, 5) is 14.6. The van der Waals surface area contributed by atoms with Crippen LogP contribution < -0.4 is 11.3 Å². The molecule has 0 aliphatic heterocycles. The van der Waals surface area contributed by atoms with E-state index in [0.717, 1.165) is 5.56 Å². The predicted molar refractivity (Wildman–Crippen MR) is 84.2 cm³/mol. The number of hydrogen-bond acceptors (Lipinski definition) is 6. The molecule has 6 nitrogen and oxygen atoms in total. The van der Waals surface area contributed by atoms with Gasteiger partial charge in [0.15, 0.2) is 0 Å². The Bertz CT molecular complexity index is 656. The second kappa shape index (κ2) is 6.55. The van der Waals surface area contributed by atoms with E-state index in [1.165, 1.54) is 35.0 Å². The Morgan fingerprint density at radius 3 is 2.48 bits per heavy atom. The number of nitrogens with two attached hydrogens (primary N) is 1. The molecule has 0 amide bonds. The third kappa shape index (κ3) is 4.17. The molecule has 1 aromatic carbocycles. The molecule has 0 aliphatic carbocycles. The summed E-state index contributed by atoms with van der Waals surface area (Å²) in [7, 11) is 0. The lowest BCUT2D eigenvalue weighted by molar-refractivity contribution is -0.385. The molecule has 110 valence electrons. The van der Waals surface area contributed by atoms with Crippen LogP contribution >= 0.6 is 11.8 Å². The molecular weight excluding hydrogens is 288 g/mol. The van der Waals surface area contributed by atoms with E-state index in [4.69, 9.17) is 5.84 Å². The number of benzene rings is 1. The summed E-state index contributed by atoms with van der Waals surface area (Å²) in [5.74, 6) is 6.27. The Kier molecular flexibility index (Phi) is 4.77. The van der Waals surface area contributed by atoms with E-state index in [1.807, 2.05) is 13.8 Å². The van der Waals surface area contributed by atoms with E-state index in [9.17, 15) is 10.1 Å². The number of pyridine rings is 1. The van der Waals surface area contributed by atoms with E-state index in [1.54, 1.807) is 0 Å².